The lowest BCUT2D eigenvalue weighted by Crippen LogP contribution is -2.27. The molecule has 7 aliphatic carbocycles. The molecule has 0 aliphatic heterocycles. The van der Waals surface area contributed by atoms with Crippen molar-refractivity contribution in [2.24, 2.45) is 0 Å². The van der Waals surface area contributed by atoms with Gasteiger partial charge in [0.1, 0.15) is 0 Å². The van der Waals surface area contributed by atoms with Gasteiger partial charge in [0.2, 0.25) is 0 Å². The number of hydrogen-bond acceptors (Lipinski definition) is 2. The highest BCUT2D eigenvalue weighted by atomic mass is 15.0. The lowest BCUT2D eigenvalue weighted by atomic mass is 9.60. The molecule has 2 spiro atoms. The van der Waals surface area contributed by atoms with Gasteiger partial charge in [-0.25, -0.2) is 0 Å². The van der Waals surface area contributed by atoms with Crippen molar-refractivity contribution in [1.82, 2.24) is 14.4 Å². The van der Waals surface area contributed by atoms with Crippen LogP contribution in [0.25, 0.3) is 82.6 Å². The fourth-order valence-electron chi connectivity index (χ4n) is 17.2. The Hall–Kier alpha value is -8.92. The third kappa shape index (κ3) is 4.70. The van der Waals surface area contributed by atoms with E-state index in [2.05, 4.69) is 246 Å². The number of benzene rings is 9. The Morgan fingerprint density at radius 1 is 0.367 bits per heavy atom. The zero-order valence-electron chi connectivity index (χ0n) is 45.0. The maximum absolute atomic E-state index is 5.97. The van der Waals surface area contributed by atoms with Crippen molar-refractivity contribution in [1.29, 1.82) is 0 Å². The normalized spacial score (nSPS) is 17.4. The average Bonchev–Trinajstić information content (AvgIpc) is 2.00. The van der Waals surface area contributed by atoms with Crippen LogP contribution in [0.2, 0.25) is 0 Å². The molecular formula is C76H53N3. The first-order valence-electron chi connectivity index (χ1n) is 28.5. The van der Waals surface area contributed by atoms with Gasteiger partial charge in [-0.2, -0.15) is 0 Å². The van der Waals surface area contributed by atoms with Crippen LogP contribution in [0.3, 0.4) is 0 Å². The van der Waals surface area contributed by atoms with Gasteiger partial charge in [-0.15, -0.1) is 0 Å². The molecule has 13 aromatic rings. The van der Waals surface area contributed by atoms with Crippen molar-refractivity contribution in [3.63, 3.8) is 0 Å². The summed E-state index contributed by atoms with van der Waals surface area (Å²) in [5.74, 6) is 0.116. The maximum atomic E-state index is 5.97. The summed E-state index contributed by atoms with van der Waals surface area (Å²) in [4.78, 5) is 11.9. The monoisotopic (exact) mass is 1010 g/mol. The van der Waals surface area contributed by atoms with Crippen LogP contribution < -0.4 is 0 Å². The van der Waals surface area contributed by atoms with Crippen molar-refractivity contribution >= 4 is 38.1 Å². The molecule has 0 saturated carbocycles. The summed E-state index contributed by atoms with van der Waals surface area (Å²) >= 11 is 0. The predicted molar refractivity (Wildman–Crippen MR) is 321 cm³/mol. The molecule has 7 aliphatic rings. The lowest BCUT2D eigenvalue weighted by Gasteiger charge is -2.42. The van der Waals surface area contributed by atoms with Crippen molar-refractivity contribution in [2.75, 3.05) is 0 Å². The van der Waals surface area contributed by atoms with E-state index in [0.29, 0.717) is 0 Å². The van der Waals surface area contributed by atoms with Gasteiger partial charge in [-0.3, -0.25) is 9.97 Å². The molecule has 0 fully saturated rings. The summed E-state index contributed by atoms with van der Waals surface area (Å²) in [6.45, 7) is 14.1. The second kappa shape index (κ2) is 13.8. The summed E-state index contributed by atoms with van der Waals surface area (Å²) in [5, 5.41) is 5.26. The summed E-state index contributed by atoms with van der Waals surface area (Å²) < 4.78 is 2.62. The van der Waals surface area contributed by atoms with Crippen LogP contribution in [0.4, 0.5) is 0 Å². The predicted octanol–water partition coefficient (Wildman–Crippen LogP) is 17.9. The fourth-order valence-corrected chi connectivity index (χ4v) is 17.2. The summed E-state index contributed by atoms with van der Waals surface area (Å²) in [5.41, 5.74) is 33.9. The van der Waals surface area contributed by atoms with Crippen molar-refractivity contribution < 1.29 is 0 Å². The Kier molecular flexibility index (Phi) is 7.55. The number of pyridine rings is 2. The van der Waals surface area contributed by atoms with Crippen LogP contribution >= 0.6 is 0 Å². The molecule has 79 heavy (non-hydrogen) atoms. The van der Waals surface area contributed by atoms with Crippen LogP contribution in [-0.2, 0) is 21.7 Å². The number of rotatable bonds is 0. The van der Waals surface area contributed by atoms with Crippen molar-refractivity contribution in [3.05, 3.63) is 290 Å². The molecule has 3 heteroatoms. The van der Waals surface area contributed by atoms with Crippen LogP contribution in [-0.4, -0.2) is 14.4 Å². The van der Waals surface area contributed by atoms with E-state index in [9.17, 15) is 0 Å². The van der Waals surface area contributed by atoms with Crippen molar-refractivity contribution in [2.45, 2.75) is 75.0 Å². The van der Waals surface area contributed by atoms with Gasteiger partial charge in [0, 0.05) is 44.5 Å². The van der Waals surface area contributed by atoms with E-state index in [-0.39, 0.29) is 22.7 Å². The molecule has 3 nitrogen and oxygen atoms in total. The number of nitrogens with zero attached hydrogens (tertiary/aromatic N) is 3. The van der Waals surface area contributed by atoms with Gasteiger partial charge in [0.05, 0.1) is 51.2 Å². The minimum Gasteiger partial charge on any atom is -0.305 e. The zero-order chi connectivity index (χ0) is 52.4. The largest absolute Gasteiger partial charge is 0.305 e. The minimum atomic E-state index is -0.603. The third-order valence-corrected chi connectivity index (χ3v) is 20.3. The van der Waals surface area contributed by atoms with Gasteiger partial charge in [0.25, 0.3) is 0 Å². The SMILES string of the molecule is CC(C)(C)c1ccc2c(c1)-c1c(ncc3c1c1cc4c(c5c6c7c(ncc6n3c15)C1(c3ccccc3-c3ccccc31)c1ccc(C(C)(C)C)cc1-7)C1c3ccccc3C4c3ccccc31)C21c2ccccc2-c2ccccc21. The summed E-state index contributed by atoms with van der Waals surface area (Å²) in [7, 11) is 0. The van der Waals surface area contributed by atoms with Crippen LogP contribution in [0.1, 0.15) is 143 Å². The number of aromatic nitrogens is 3. The van der Waals surface area contributed by atoms with Crippen LogP contribution in [0, 0.1) is 0 Å². The highest BCUT2D eigenvalue weighted by Gasteiger charge is 2.56. The van der Waals surface area contributed by atoms with E-state index in [1.54, 1.807) is 0 Å². The molecular weight excluding hydrogens is 955 g/mol. The summed E-state index contributed by atoms with van der Waals surface area (Å²) in [6.07, 6.45) is 4.53. The topological polar surface area (TPSA) is 30.2 Å². The van der Waals surface area contributed by atoms with Gasteiger partial charge < -0.3 is 4.40 Å². The minimum absolute atomic E-state index is 0.0466. The molecule has 0 saturated heterocycles. The molecule has 4 heterocycles. The molecule has 2 bridgehead atoms. The molecule has 0 amide bonds. The molecule has 0 atom stereocenters. The highest BCUT2D eigenvalue weighted by molar-refractivity contribution is 6.31. The second-order valence-corrected chi connectivity index (χ2v) is 25.8. The Bertz CT molecular complexity index is 4870. The van der Waals surface area contributed by atoms with E-state index in [1.165, 1.54) is 149 Å². The van der Waals surface area contributed by atoms with E-state index in [0.717, 1.165) is 22.4 Å². The molecule has 0 unspecified atom stereocenters. The highest BCUT2D eigenvalue weighted by Crippen LogP contribution is 2.68. The first-order valence-corrected chi connectivity index (χ1v) is 28.5. The molecule has 20 rings (SSSR count). The zero-order valence-corrected chi connectivity index (χ0v) is 45.0. The van der Waals surface area contributed by atoms with E-state index < -0.39 is 10.8 Å². The average molecular weight is 1010 g/mol. The van der Waals surface area contributed by atoms with E-state index in [4.69, 9.17) is 9.97 Å². The van der Waals surface area contributed by atoms with Crippen LogP contribution in [0.15, 0.2) is 200 Å². The first kappa shape index (κ1) is 43.1. The van der Waals surface area contributed by atoms with Gasteiger partial charge >= 0.3 is 0 Å². The Balaban J connectivity index is 1.04. The smallest absolute Gasteiger partial charge is 0.0898 e. The lowest BCUT2D eigenvalue weighted by molar-refractivity contribution is 0.589. The quantitative estimate of drug-likeness (QED) is 0.152. The molecule has 4 aromatic heterocycles. The molecule has 372 valence electrons. The third-order valence-electron chi connectivity index (χ3n) is 20.3. The van der Waals surface area contributed by atoms with Crippen LogP contribution in [0.5, 0.6) is 0 Å². The van der Waals surface area contributed by atoms with Crippen molar-refractivity contribution in [3.8, 4) is 44.5 Å². The Morgan fingerprint density at radius 2 is 0.747 bits per heavy atom. The number of hydrogen-bond donors (Lipinski definition) is 0. The standard InChI is InChI=1S/C76H53N3/c1-73(2,3)40-31-33-58-50(35-40)66-64-53-37-52-62-46-23-7-9-25-48(46)63(49-26-10-8-24-47(49)62)65(52)69-68-61(79(70(53)69)60(64)38-77-71(66)75(58)54-27-15-11-19-42(54)43-20-12-16-28-55(43)75)39-78-72-67(68)51-36-41(74(4,5)6)32-34-59(51)76(72)56-29-17-13-21-44(56)45-22-14-18-30-57(45)76/h7-39,62-63H,1-6H3. The van der Waals surface area contributed by atoms with Gasteiger partial charge in [-0.1, -0.05) is 224 Å². The fraction of sp³-hybridized carbons (Fsp3) is 0.158. The molecule has 0 N–H and O–H groups in total. The van der Waals surface area contributed by atoms with Gasteiger partial charge in [0.15, 0.2) is 0 Å². The molecule has 0 radical (unpaired) electrons. The first-order chi connectivity index (χ1) is 38.5. The van der Waals surface area contributed by atoms with E-state index >= 15 is 0 Å². The van der Waals surface area contributed by atoms with Gasteiger partial charge in [-0.05, 0) is 128 Å². The van der Waals surface area contributed by atoms with E-state index in [1.807, 2.05) is 0 Å². The number of fused-ring (bicyclic) bond motifs is 28. The second-order valence-electron chi connectivity index (χ2n) is 25.8. The molecule has 9 aromatic carbocycles. The summed E-state index contributed by atoms with van der Waals surface area (Å²) in [6, 6.07) is 72.9. The maximum Gasteiger partial charge on any atom is 0.0898 e. The Morgan fingerprint density at radius 3 is 1.19 bits per heavy atom. The Labute approximate surface area is 459 Å².